The van der Waals surface area contributed by atoms with E-state index in [1.54, 1.807) is 17.0 Å². The molecule has 1 aromatic carbocycles. The van der Waals surface area contributed by atoms with Gasteiger partial charge < -0.3 is 15.6 Å². The number of nitrogens with two attached hydrogens (primary N) is 1. The molecular weight excluding hydrogens is 290 g/mol. The number of anilines is 3. The summed E-state index contributed by atoms with van der Waals surface area (Å²) in [6.45, 7) is 2.01. The third-order valence-electron chi connectivity index (χ3n) is 3.57. The van der Waals surface area contributed by atoms with E-state index in [0.29, 0.717) is 5.95 Å². The van der Waals surface area contributed by atoms with Gasteiger partial charge in [0.15, 0.2) is 5.65 Å². The number of nitrogen functional groups attached to an aromatic ring is 1. The molecule has 0 aliphatic carbocycles. The summed E-state index contributed by atoms with van der Waals surface area (Å²) in [5.41, 5.74) is 10.1. The van der Waals surface area contributed by atoms with Crippen molar-refractivity contribution in [3.8, 4) is 5.69 Å². The minimum atomic E-state index is 0.542. The summed E-state index contributed by atoms with van der Waals surface area (Å²) in [4.78, 5) is 8.61. The zero-order valence-corrected chi connectivity index (χ0v) is 12.5. The molecule has 3 N–H and O–H groups in total. The smallest absolute Gasteiger partial charge is 0.247 e. The maximum atomic E-state index is 5.69. The monoisotopic (exact) mass is 305 g/mol. The molecule has 0 spiro atoms. The number of rotatable bonds is 3. The molecular formula is C16H15N7. The van der Waals surface area contributed by atoms with Crippen LogP contribution < -0.4 is 11.1 Å². The van der Waals surface area contributed by atoms with Crippen LogP contribution in [-0.2, 0) is 0 Å². The number of hydrogen-bond donors (Lipinski definition) is 2. The van der Waals surface area contributed by atoms with Crippen molar-refractivity contribution in [2.45, 2.75) is 6.92 Å². The standard InChI is InChI=1S/C16H15N7/c1-11-8-14(22-7-6-18-10-22)9-23-15(11)20-16(21-23)19-13-4-2-12(17)3-5-13/h2-10H,17H2,1H3,(H,19,21). The molecule has 7 heteroatoms. The molecule has 23 heavy (non-hydrogen) atoms. The first-order valence-corrected chi connectivity index (χ1v) is 7.17. The summed E-state index contributed by atoms with van der Waals surface area (Å²) in [6.07, 6.45) is 7.32. The molecule has 0 unspecified atom stereocenters. The fraction of sp³-hybridized carbons (Fsp3) is 0.0625. The number of nitrogens with one attached hydrogen (secondary N) is 1. The lowest BCUT2D eigenvalue weighted by atomic mass is 10.3. The Balaban J connectivity index is 1.72. The molecule has 0 saturated carbocycles. The number of fused-ring (bicyclic) bond motifs is 1. The Kier molecular flexibility index (Phi) is 2.97. The first-order valence-electron chi connectivity index (χ1n) is 7.17. The second-order valence-electron chi connectivity index (χ2n) is 5.30. The van der Waals surface area contributed by atoms with E-state index in [-0.39, 0.29) is 0 Å². The van der Waals surface area contributed by atoms with Gasteiger partial charge in [0.2, 0.25) is 5.95 Å². The minimum absolute atomic E-state index is 0.542. The Hall–Kier alpha value is -3.35. The van der Waals surface area contributed by atoms with E-state index in [1.807, 2.05) is 48.1 Å². The predicted molar refractivity (Wildman–Crippen MR) is 89.0 cm³/mol. The highest BCUT2D eigenvalue weighted by Crippen LogP contribution is 2.19. The second kappa shape index (κ2) is 5.13. The van der Waals surface area contributed by atoms with Crippen molar-refractivity contribution in [1.29, 1.82) is 0 Å². The molecule has 0 amide bonds. The fourth-order valence-electron chi connectivity index (χ4n) is 2.43. The van der Waals surface area contributed by atoms with Gasteiger partial charge in [-0.25, -0.2) is 9.50 Å². The maximum absolute atomic E-state index is 5.69. The number of hydrogen-bond acceptors (Lipinski definition) is 5. The van der Waals surface area contributed by atoms with Crippen LogP contribution in [0, 0.1) is 6.92 Å². The Bertz CT molecular complexity index is 952. The van der Waals surface area contributed by atoms with Gasteiger partial charge in [-0.2, -0.15) is 4.98 Å². The van der Waals surface area contributed by atoms with Gasteiger partial charge in [0.1, 0.15) is 0 Å². The van der Waals surface area contributed by atoms with E-state index >= 15 is 0 Å². The molecule has 0 radical (unpaired) electrons. The lowest BCUT2D eigenvalue weighted by Crippen LogP contribution is -1.97. The van der Waals surface area contributed by atoms with Gasteiger partial charge in [-0.1, -0.05) is 0 Å². The number of nitrogens with zero attached hydrogens (tertiary/aromatic N) is 5. The number of aryl methyl sites for hydroxylation is 1. The molecule has 4 rings (SSSR count). The van der Waals surface area contributed by atoms with Gasteiger partial charge in [-0.15, -0.1) is 5.10 Å². The highest BCUT2D eigenvalue weighted by atomic mass is 15.3. The Morgan fingerprint density at radius 1 is 1.17 bits per heavy atom. The van der Waals surface area contributed by atoms with Crippen molar-refractivity contribution in [3.05, 3.63) is 60.8 Å². The van der Waals surface area contributed by atoms with Crippen LogP contribution in [0.2, 0.25) is 0 Å². The topological polar surface area (TPSA) is 86.1 Å². The maximum Gasteiger partial charge on any atom is 0.247 e. The van der Waals surface area contributed by atoms with Crippen LogP contribution in [-0.4, -0.2) is 24.1 Å². The number of aromatic nitrogens is 5. The first kappa shape index (κ1) is 13.3. The van der Waals surface area contributed by atoms with E-state index in [1.165, 1.54) is 0 Å². The van der Waals surface area contributed by atoms with Gasteiger partial charge in [0, 0.05) is 23.8 Å². The van der Waals surface area contributed by atoms with E-state index in [4.69, 9.17) is 5.73 Å². The van der Waals surface area contributed by atoms with Crippen molar-refractivity contribution in [2.75, 3.05) is 11.1 Å². The predicted octanol–water partition coefficient (Wildman–Crippen LogP) is 2.55. The van der Waals surface area contributed by atoms with Crippen LogP contribution >= 0.6 is 0 Å². The average Bonchev–Trinajstić information content (AvgIpc) is 3.19. The van der Waals surface area contributed by atoms with Crippen LogP contribution in [0.25, 0.3) is 11.3 Å². The Morgan fingerprint density at radius 3 is 2.74 bits per heavy atom. The molecule has 114 valence electrons. The average molecular weight is 305 g/mol. The van der Waals surface area contributed by atoms with Crippen molar-refractivity contribution in [2.24, 2.45) is 0 Å². The molecule has 7 nitrogen and oxygen atoms in total. The molecule has 0 atom stereocenters. The van der Waals surface area contributed by atoms with Gasteiger partial charge >= 0.3 is 0 Å². The van der Waals surface area contributed by atoms with Crippen LogP contribution in [0.3, 0.4) is 0 Å². The lowest BCUT2D eigenvalue weighted by Gasteiger charge is -2.04. The quantitative estimate of drug-likeness (QED) is 0.568. The summed E-state index contributed by atoms with van der Waals surface area (Å²) in [7, 11) is 0. The van der Waals surface area contributed by atoms with Crippen LogP contribution in [0.5, 0.6) is 0 Å². The minimum Gasteiger partial charge on any atom is -0.399 e. The zero-order valence-electron chi connectivity index (χ0n) is 12.5. The Labute approximate surface area is 132 Å². The summed E-state index contributed by atoms with van der Waals surface area (Å²) < 4.78 is 3.70. The van der Waals surface area contributed by atoms with E-state index in [0.717, 1.165) is 28.3 Å². The second-order valence-corrected chi connectivity index (χ2v) is 5.30. The van der Waals surface area contributed by atoms with Gasteiger partial charge in [-0.3, -0.25) is 0 Å². The molecule has 0 aliphatic rings. The van der Waals surface area contributed by atoms with Gasteiger partial charge in [-0.05, 0) is 42.8 Å². The Morgan fingerprint density at radius 2 is 2.00 bits per heavy atom. The van der Waals surface area contributed by atoms with Gasteiger partial charge in [0.05, 0.1) is 18.2 Å². The first-order chi connectivity index (χ1) is 11.2. The molecule has 0 aliphatic heterocycles. The zero-order chi connectivity index (χ0) is 15.8. The van der Waals surface area contributed by atoms with Gasteiger partial charge in [0.25, 0.3) is 0 Å². The SMILES string of the molecule is Cc1cc(-n2ccnc2)cn2nc(Nc3ccc(N)cc3)nc12. The molecule has 3 heterocycles. The summed E-state index contributed by atoms with van der Waals surface area (Å²) >= 11 is 0. The summed E-state index contributed by atoms with van der Waals surface area (Å²) in [5, 5.41) is 7.68. The lowest BCUT2D eigenvalue weighted by molar-refractivity contribution is 0.929. The van der Waals surface area contributed by atoms with Crippen molar-refractivity contribution >= 4 is 23.0 Å². The number of pyridine rings is 1. The molecule has 3 aromatic heterocycles. The van der Waals surface area contributed by atoms with E-state index < -0.39 is 0 Å². The summed E-state index contributed by atoms with van der Waals surface area (Å²) in [5.74, 6) is 0.542. The number of imidazole rings is 1. The summed E-state index contributed by atoms with van der Waals surface area (Å²) in [6, 6.07) is 9.51. The molecule has 4 aromatic rings. The largest absolute Gasteiger partial charge is 0.399 e. The fourth-order valence-corrected chi connectivity index (χ4v) is 2.43. The van der Waals surface area contributed by atoms with Crippen LogP contribution in [0.1, 0.15) is 5.56 Å². The normalized spacial score (nSPS) is 11.0. The van der Waals surface area contributed by atoms with E-state index in [2.05, 4.69) is 26.4 Å². The third kappa shape index (κ3) is 2.48. The molecule has 0 bridgehead atoms. The molecule has 0 saturated heterocycles. The number of benzene rings is 1. The van der Waals surface area contributed by atoms with E-state index in [9.17, 15) is 0 Å². The molecule has 0 fully saturated rings. The van der Waals surface area contributed by atoms with Crippen LogP contribution in [0.4, 0.5) is 17.3 Å². The van der Waals surface area contributed by atoms with Crippen molar-refractivity contribution < 1.29 is 0 Å². The van der Waals surface area contributed by atoms with Crippen molar-refractivity contribution in [1.82, 2.24) is 24.1 Å². The van der Waals surface area contributed by atoms with Crippen LogP contribution in [0.15, 0.2) is 55.2 Å². The highest BCUT2D eigenvalue weighted by Gasteiger charge is 2.09. The van der Waals surface area contributed by atoms with Crippen molar-refractivity contribution in [3.63, 3.8) is 0 Å². The highest BCUT2D eigenvalue weighted by molar-refractivity contribution is 5.60. The third-order valence-corrected chi connectivity index (χ3v) is 3.57.